The molecular weight excluding hydrogens is 232 g/mol. The minimum absolute atomic E-state index is 0.519. The van der Waals surface area contributed by atoms with Crippen LogP contribution in [-0.4, -0.2) is 9.97 Å². The smallest absolute Gasteiger partial charge is 0.135 e. The van der Waals surface area contributed by atoms with Crippen LogP contribution in [-0.2, 0) is 0 Å². The lowest BCUT2D eigenvalue weighted by Gasteiger charge is -2.27. The lowest BCUT2D eigenvalue weighted by atomic mass is 9.80. The van der Waals surface area contributed by atoms with E-state index in [4.69, 9.17) is 11.6 Å². The molecule has 2 nitrogen and oxygen atoms in total. The Bertz CT molecular complexity index is 380. The van der Waals surface area contributed by atoms with Crippen LogP contribution in [0.1, 0.15) is 62.0 Å². The van der Waals surface area contributed by atoms with E-state index in [1.807, 2.05) is 13.8 Å². The third-order valence-electron chi connectivity index (χ3n) is 4.07. The third kappa shape index (κ3) is 2.79. The summed E-state index contributed by atoms with van der Waals surface area (Å²) in [6.07, 6.45) is 6.39. The summed E-state index contributed by atoms with van der Waals surface area (Å²) in [6, 6.07) is 0. The van der Waals surface area contributed by atoms with Crippen molar-refractivity contribution in [2.75, 3.05) is 0 Å². The van der Waals surface area contributed by atoms with Crippen LogP contribution in [0, 0.1) is 19.8 Å². The van der Waals surface area contributed by atoms with Gasteiger partial charge in [-0.15, -0.1) is 0 Å². The van der Waals surface area contributed by atoms with Gasteiger partial charge in [0.15, 0.2) is 0 Å². The molecule has 2 rings (SSSR count). The minimum atomic E-state index is 0.519. The summed E-state index contributed by atoms with van der Waals surface area (Å²) in [6.45, 7) is 6.28. The molecule has 17 heavy (non-hydrogen) atoms. The quantitative estimate of drug-likeness (QED) is 0.728. The van der Waals surface area contributed by atoms with Crippen molar-refractivity contribution in [1.29, 1.82) is 0 Å². The molecule has 0 spiro atoms. The van der Waals surface area contributed by atoms with Crippen LogP contribution in [0.5, 0.6) is 0 Å². The summed E-state index contributed by atoms with van der Waals surface area (Å²) in [7, 11) is 0. The first kappa shape index (κ1) is 12.8. The van der Waals surface area contributed by atoms with Gasteiger partial charge >= 0.3 is 0 Å². The van der Waals surface area contributed by atoms with Crippen LogP contribution in [0.4, 0.5) is 0 Å². The van der Waals surface area contributed by atoms with Crippen LogP contribution >= 0.6 is 11.6 Å². The molecule has 0 N–H and O–H groups in total. The second kappa shape index (κ2) is 5.34. The van der Waals surface area contributed by atoms with E-state index < -0.39 is 0 Å². The third-order valence-corrected chi connectivity index (χ3v) is 4.44. The molecule has 2 unspecified atom stereocenters. The van der Waals surface area contributed by atoms with Crippen molar-refractivity contribution in [2.24, 2.45) is 5.92 Å². The summed E-state index contributed by atoms with van der Waals surface area (Å²) in [4.78, 5) is 9.11. The largest absolute Gasteiger partial charge is 0.238 e. The van der Waals surface area contributed by atoms with E-state index in [1.54, 1.807) is 0 Å². The fourth-order valence-corrected chi connectivity index (χ4v) is 2.92. The molecule has 1 aromatic rings. The number of aryl methyl sites for hydroxylation is 1. The molecule has 0 amide bonds. The molecule has 0 aliphatic heterocycles. The highest BCUT2D eigenvalue weighted by Crippen LogP contribution is 2.36. The van der Waals surface area contributed by atoms with Crippen molar-refractivity contribution in [1.82, 2.24) is 9.97 Å². The van der Waals surface area contributed by atoms with Gasteiger partial charge in [0, 0.05) is 17.2 Å². The van der Waals surface area contributed by atoms with Gasteiger partial charge in [-0.2, -0.15) is 0 Å². The van der Waals surface area contributed by atoms with Crippen LogP contribution in [0.15, 0.2) is 0 Å². The lowest BCUT2D eigenvalue weighted by molar-refractivity contribution is 0.307. The minimum Gasteiger partial charge on any atom is -0.238 e. The Morgan fingerprint density at radius 1 is 1.24 bits per heavy atom. The highest BCUT2D eigenvalue weighted by molar-refractivity contribution is 6.30. The van der Waals surface area contributed by atoms with Crippen LogP contribution in [0.2, 0.25) is 5.15 Å². The molecule has 2 atom stereocenters. The van der Waals surface area contributed by atoms with Crippen molar-refractivity contribution < 1.29 is 0 Å². The van der Waals surface area contributed by atoms with E-state index in [1.165, 1.54) is 32.1 Å². The van der Waals surface area contributed by atoms with E-state index >= 15 is 0 Å². The van der Waals surface area contributed by atoms with Gasteiger partial charge in [-0.3, -0.25) is 0 Å². The van der Waals surface area contributed by atoms with Gasteiger partial charge in [0.1, 0.15) is 11.0 Å². The highest BCUT2D eigenvalue weighted by atomic mass is 35.5. The molecule has 3 heteroatoms. The second-order valence-corrected chi connectivity index (χ2v) is 5.58. The predicted octanol–water partition coefficient (Wildman–Crippen LogP) is 4.43. The van der Waals surface area contributed by atoms with Crippen LogP contribution in [0.3, 0.4) is 0 Å². The standard InChI is InChI=1S/C14H21ClN2/c1-4-11-6-5-7-12(8-11)14-16-10(3)9(2)13(15)17-14/h11-12H,4-8H2,1-3H3. The fourth-order valence-electron chi connectivity index (χ4n) is 2.69. The van der Waals surface area contributed by atoms with Gasteiger partial charge < -0.3 is 0 Å². The predicted molar refractivity (Wildman–Crippen MR) is 71.5 cm³/mol. The Morgan fingerprint density at radius 3 is 2.65 bits per heavy atom. The maximum Gasteiger partial charge on any atom is 0.135 e. The van der Waals surface area contributed by atoms with E-state index in [-0.39, 0.29) is 0 Å². The van der Waals surface area contributed by atoms with E-state index in [9.17, 15) is 0 Å². The van der Waals surface area contributed by atoms with Gasteiger partial charge in [-0.05, 0) is 32.6 Å². The van der Waals surface area contributed by atoms with Crippen molar-refractivity contribution in [3.8, 4) is 0 Å². The Kier molecular flexibility index (Phi) is 4.03. The highest BCUT2D eigenvalue weighted by Gasteiger charge is 2.24. The number of hydrogen-bond donors (Lipinski definition) is 0. The number of hydrogen-bond acceptors (Lipinski definition) is 2. The molecule has 1 fully saturated rings. The second-order valence-electron chi connectivity index (χ2n) is 5.22. The molecule has 0 saturated heterocycles. The SMILES string of the molecule is CCC1CCCC(c2nc(C)c(C)c(Cl)n2)C1. The Labute approximate surface area is 109 Å². The molecule has 94 valence electrons. The molecule has 1 aliphatic rings. The van der Waals surface area contributed by atoms with E-state index in [2.05, 4.69) is 16.9 Å². The molecule has 1 aromatic heterocycles. The average Bonchev–Trinajstić information content (AvgIpc) is 2.35. The van der Waals surface area contributed by atoms with Gasteiger partial charge in [0.25, 0.3) is 0 Å². The monoisotopic (exact) mass is 252 g/mol. The van der Waals surface area contributed by atoms with E-state index in [0.717, 1.165) is 23.0 Å². The molecular formula is C14H21ClN2. The zero-order chi connectivity index (χ0) is 12.4. The Hall–Kier alpha value is -0.630. The first-order valence-corrected chi connectivity index (χ1v) is 7.00. The first-order valence-electron chi connectivity index (χ1n) is 6.62. The van der Waals surface area contributed by atoms with Crippen molar-refractivity contribution >= 4 is 11.6 Å². The maximum atomic E-state index is 6.16. The summed E-state index contributed by atoms with van der Waals surface area (Å²) < 4.78 is 0. The van der Waals surface area contributed by atoms with E-state index in [0.29, 0.717) is 11.1 Å². The van der Waals surface area contributed by atoms with Gasteiger partial charge in [-0.25, -0.2) is 9.97 Å². The number of rotatable bonds is 2. The van der Waals surface area contributed by atoms with Crippen molar-refractivity contribution in [3.05, 3.63) is 22.2 Å². The van der Waals surface area contributed by atoms with Crippen LogP contribution < -0.4 is 0 Å². The van der Waals surface area contributed by atoms with Crippen LogP contribution in [0.25, 0.3) is 0 Å². The molecule has 0 bridgehead atoms. The number of halogens is 1. The molecule has 1 saturated carbocycles. The average molecular weight is 253 g/mol. The molecule has 1 aliphatic carbocycles. The molecule has 0 aromatic carbocycles. The summed E-state index contributed by atoms with van der Waals surface area (Å²) in [5.74, 6) is 2.33. The summed E-state index contributed by atoms with van der Waals surface area (Å²) >= 11 is 6.16. The number of nitrogens with zero attached hydrogens (tertiary/aromatic N) is 2. The van der Waals surface area contributed by atoms with Gasteiger partial charge in [0.2, 0.25) is 0 Å². The molecule has 1 heterocycles. The Balaban J connectivity index is 2.22. The molecule has 0 radical (unpaired) electrons. The number of aromatic nitrogens is 2. The maximum absolute atomic E-state index is 6.16. The normalized spacial score (nSPS) is 24.9. The van der Waals surface area contributed by atoms with Gasteiger partial charge in [0.05, 0.1) is 0 Å². The Morgan fingerprint density at radius 2 is 2.00 bits per heavy atom. The zero-order valence-corrected chi connectivity index (χ0v) is 11.7. The first-order chi connectivity index (χ1) is 8.11. The summed E-state index contributed by atoms with van der Waals surface area (Å²) in [5, 5.41) is 0.631. The van der Waals surface area contributed by atoms with Crippen molar-refractivity contribution in [3.63, 3.8) is 0 Å². The lowest BCUT2D eigenvalue weighted by Crippen LogP contribution is -2.16. The van der Waals surface area contributed by atoms with Crippen molar-refractivity contribution in [2.45, 2.75) is 58.8 Å². The van der Waals surface area contributed by atoms with Gasteiger partial charge in [-0.1, -0.05) is 37.8 Å². The topological polar surface area (TPSA) is 25.8 Å². The fraction of sp³-hybridized carbons (Fsp3) is 0.714. The zero-order valence-electron chi connectivity index (χ0n) is 11.0. The summed E-state index contributed by atoms with van der Waals surface area (Å²) in [5.41, 5.74) is 2.04.